The lowest BCUT2D eigenvalue weighted by Crippen LogP contribution is -2.19. The van der Waals surface area contributed by atoms with Gasteiger partial charge in [0.05, 0.1) is 0 Å². The van der Waals surface area contributed by atoms with Crippen molar-refractivity contribution in [1.82, 2.24) is 5.09 Å². The fraction of sp³-hybridized carbons (Fsp3) is 0.938. The van der Waals surface area contributed by atoms with Gasteiger partial charge in [0.25, 0.3) is 0 Å². The zero-order valence-electron chi connectivity index (χ0n) is 14.6. The first kappa shape index (κ1) is 22.0. The molecule has 0 aliphatic carbocycles. The third kappa shape index (κ3) is 12.5. The van der Waals surface area contributed by atoms with E-state index in [1.54, 1.807) is 6.26 Å². The summed E-state index contributed by atoms with van der Waals surface area (Å²) in [5.41, 5.74) is 0. The Bertz CT molecular complexity index is 319. The summed E-state index contributed by atoms with van der Waals surface area (Å²) in [4.78, 5) is 11.7. The summed E-state index contributed by atoms with van der Waals surface area (Å²) in [5.74, 6) is -0.171. The standard InChI is InChI=1S/C16H34NO3PS/c1-4-5-6-7-8-9-10-11-12-13-14-15-16(18)17-21(19,20-2)22-3/h4-15H2,1-3H3,(H,17,18,19). The van der Waals surface area contributed by atoms with Crippen LogP contribution in [0.15, 0.2) is 0 Å². The summed E-state index contributed by atoms with van der Waals surface area (Å²) >= 11 is 1.06. The maximum absolute atomic E-state index is 11.9. The van der Waals surface area contributed by atoms with Crippen molar-refractivity contribution >= 4 is 24.0 Å². The maximum atomic E-state index is 11.9. The highest BCUT2D eigenvalue weighted by atomic mass is 32.7. The van der Waals surface area contributed by atoms with Gasteiger partial charge in [-0.25, -0.2) is 0 Å². The minimum absolute atomic E-state index is 0.171. The Balaban J connectivity index is 3.39. The van der Waals surface area contributed by atoms with Crippen molar-refractivity contribution in [3.05, 3.63) is 0 Å². The van der Waals surface area contributed by atoms with Crippen LogP contribution in [-0.4, -0.2) is 19.3 Å². The summed E-state index contributed by atoms with van der Waals surface area (Å²) in [6.45, 7) is -0.757. The van der Waals surface area contributed by atoms with E-state index < -0.39 is 6.72 Å². The van der Waals surface area contributed by atoms with Crippen LogP contribution in [0, 0.1) is 0 Å². The number of carbonyl (C=O) groups excluding carboxylic acids is 1. The van der Waals surface area contributed by atoms with Gasteiger partial charge < -0.3 is 4.52 Å². The van der Waals surface area contributed by atoms with Crippen molar-refractivity contribution in [3.63, 3.8) is 0 Å². The Morgan fingerprint density at radius 1 is 0.955 bits per heavy atom. The Kier molecular flexibility index (Phi) is 14.6. The second-order valence-corrected chi connectivity index (χ2v) is 10.2. The molecule has 132 valence electrons. The molecule has 0 aliphatic rings. The van der Waals surface area contributed by atoms with Crippen LogP contribution in [-0.2, 0) is 13.9 Å². The third-order valence-electron chi connectivity index (χ3n) is 3.75. The van der Waals surface area contributed by atoms with Gasteiger partial charge in [0.15, 0.2) is 0 Å². The van der Waals surface area contributed by atoms with E-state index in [9.17, 15) is 9.36 Å². The van der Waals surface area contributed by atoms with Crippen LogP contribution in [0.4, 0.5) is 0 Å². The van der Waals surface area contributed by atoms with E-state index in [4.69, 9.17) is 4.52 Å². The van der Waals surface area contributed by atoms with Crippen LogP contribution in [0.25, 0.3) is 0 Å². The average molecular weight is 351 g/mol. The molecular formula is C16H34NO3PS. The first-order valence-corrected chi connectivity index (χ1v) is 12.1. The van der Waals surface area contributed by atoms with E-state index in [2.05, 4.69) is 12.0 Å². The molecule has 1 atom stereocenters. The molecule has 0 heterocycles. The Morgan fingerprint density at radius 3 is 1.82 bits per heavy atom. The summed E-state index contributed by atoms with van der Waals surface area (Å²) in [7, 11) is 1.36. The number of amides is 1. The molecular weight excluding hydrogens is 317 g/mol. The van der Waals surface area contributed by atoms with Crippen LogP contribution in [0.3, 0.4) is 0 Å². The average Bonchev–Trinajstić information content (AvgIpc) is 2.52. The molecule has 0 radical (unpaired) electrons. The molecule has 0 saturated heterocycles. The minimum atomic E-state index is -3.00. The second kappa shape index (κ2) is 14.6. The minimum Gasteiger partial charge on any atom is -0.309 e. The molecule has 22 heavy (non-hydrogen) atoms. The predicted octanol–water partition coefficient (Wildman–Crippen LogP) is 5.92. The third-order valence-corrected chi connectivity index (χ3v) is 7.40. The van der Waals surface area contributed by atoms with Gasteiger partial charge in [-0.2, -0.15) is 0 Å². The van der Waals surface area contributed by atoms with Gasteiger partial charge >= 0.3 is 6.72 Å². The fourth-order valence-corrected chi connectivity index (χ4v) is 4.10. The first-order chi connectivity index (χ1) is 10.6. The molecule has 0 saturated carbocycles. The van der Waals surface area contributed by atoms with Crippen LogP contribution < -0.4 is 5.09 Å². The molecule has 0 spiro atoms. The predicted molar refractivity (Wildman–Crippen MR) is 97.4 cm³/mol. The maximum Gasteiger partial charge on any atom is 0.352 e. The summed E-state index contributed by atoms with van der Waals surface area (Å²) in [6, 6.07) is 0. The van der Waals surface area contributed by atoms with E-state index in [0.29, 0.717) is 6.42 Å². The Labute approximate surface area is 140 Å². The number of hydrogen-bond donors (Lipinski definition) is 1. The van der Waals surface area contributed by atoms with Crippen molar-refractivity contribution in [2.24, 2.45) is 0 Å². The topological polar surface area (TPSA) is 55.4 Å². The number of nitrogens with one attached hydrogen (secondary N) is 1. The molecule has 1 amide bonds. The summed E-state index contributed by atoms with van der Waals surface area (Å²) < 4.78 is 16.7. The summed E-state index contributed by atoms with van der Waals surface area (Å²) in [5, 5.41) is 2.49. The van der Waals surface area contributed by atoms with Gasteiger partial charge in [0.1, 0.15) is 0 Å². The van der Waals surface area contributed by atoms with E-state index in [1.165, 1.54) is 64.9 Å². The van der Waals surface area contributed by atoms with Gasteiger partial charge in [-0.3, -0.25) is 14.4 Å². The van der Waals surface area contributed by atoms with Crippen LogP contribution in [0.5, 0.6) is 0 Å². The van der Waals surface area contributed by atoms with Gasteiger partial charge in [-0.05, 0) is 12.7 Å². The van der Waals surface area contributed by atoms with Gasteiger partial charge in [-0.15, -0.1) is 0 Å². The monoisotopic (exact) mass is 351 g/mol. The van der Waals surface area contributed by atoms with Crippen molar-refractivity contribution in [1.29, 1.82) is 0 Å². The van der Waals surface area contributed by atoms with Gasteiger partial charge in [0, 0.05) is 13.5 Å². The Hall–Kier alpha value is 0.01000. The van der Waals surface area contributed by atoms with Crippen LogP contribution in [0.1, 0.15) is 84.0 Å². The van der Waals surface area contributed by atoms with E-state index >= 15 is 0 Å². The lowest BCUT2D eigenvalue weighted by Gasteiger charge is -2.14. The number of unbranched alkanes of at least 4 members (excludes halogenated alkanes) is 10. The normalized spacial score (nSPS) is 13.8. The highest BCUT2D eigenvalue weighted by Crippen LogP contribution is 2.53. The number of carbonyl (C=O) groups is 1. The highest BCUT2D eigenvalue weighted by Gasteiger charge is 2.22. The van der Waals surface area contributed by atoms with Crippen LogP contribution in [0.2, 0.25) is 0 Å². The zero-order valence-corrected chi connectivity index (χ0v) is 16.3. The second-order valence-electron chi connectivity index (χ2n) is 5.68. The molecule has 0 fully saturated rings. The molecule has 1 unspecified atom stereocenters. The molecule has 0 aromatic rings. The summed E-state index contributed by atoms with van der Waals surface area (Å²) in [6.07, 6.45) is 15.9. The smallest absolute Gasteiger partial charge is 0.309 e. The van der Waals surface area contributed by atoms with Crippen LogP contribution >= 0.6 is 18.1 Å². The molecule has 0 aromatic heterocycles. The van der Waals surface area contributed by atoms with Crippen molar-refractivity contribution < 1.29 is 13.9 Å². The first-order valence-electron chi connectivity index (χ1n) is 8.60. The lowest BCUT2D eigenvalue weighted by atomic mass is 10.1. The fourth-order valence-electron chi connectivity index (χ4n) is 2.32. The number of hydrogen-bond acceptors (Lipinski definition) is 4. The quantitative estimate of drug-likeness (QED) is 0.294. The molecule has 0 aromatic carbocycles. The molecule has 0 rings (SSSR count). The van der Waals surface area contributed by atoms with E-state index in [0.717, 1.165) is 24.2 Å². The van der Waals surface area contributed by atoms with Crippen molar-refractivity contribution in [2.75, 3.05) is 13.4 Å². The molecule has 6 heteroatoms. The van der Waals surface area contributed by atoms with Gasteiger partial charge in [0.2, 0.25) is 5.91 Å². The SMILES string of the molecule is CCCCCCCCCCCCCC(=O)NP(=O)(OC)SC. The largest absolute Gasteiger partial charge is 0.352 e. The molecule has 0 aliphatic heterocycles. The molecule has 0 bridgehead atoms. The lowest BCUT2D eigenvalue weighted by molar-refractivity contribution is -0.119. The zero-order chi connectivity index (χ0) is 16.7. The van der Waals surface area contributed by atoms with Crippen molar-refractivity contribution in [2.45, 2.75) is 84.0 Å². The van der Waals surface area contributed by atoms with Gasteiger partial charge in [-0.1, -0.05) is 82.5 Å². The molecule has 1 N–H and O–H groups in total. The van der Waals surface area contributed by atoms with Crippen molar-refractivity contribution in [3.8, 4) is 0 Å². The van der Waals surface area contributed by atoms with E-state index in [-0.39, 0.29) is 5.91 Å². The molecule has 4 nitrogen and oxygen atoms in total. The highest BCUT2D eigenvalue weighted by molar-refractivity contribution is 8.55. The Morgan fingerprint density at radius 2 is 1.41 bits per heavy atom. The number of rotatable bonds is 15. The van der Waals surface area contributed by atoms with E-state index in [1.807, 2.05) is 0 Å².